The number of aromatic nitrogens is 4. The Kier molecular flexibility index (Phi) is 7.81. The Morgan fingerprint density at radius 2 is 2.05 bits per heavy atom. The zero-order valence-corrected chi connectivity index (χ0v) is 21.7. The number of hydrogen-bond donors (Lipinski definition) is 4. The normalized spacial score (nSPS) is 18.6. The van der Waals surface area contributed by atoms with Crippen molar-refractivity contribution < 1.29 is 37.3 Å². The van der Waals surface area contributed by atoms with Gasteiger partial charge in [0, 0.05) is 11.9 Å². The predicted octanol–water partition coefficient (Wildman–Crippen LogP) is -1.84. The number of carbonyl (C=O) groups excluding carboxylic acids is 2. The number of aliphatic carboxylic acids is 1. The zero-order chi connectivity index (χ0) is 27.7. The van der Waals surface area contributed by atoms with E-state index in [1.165, 1.54) is 25.4 Å². The molecule has 2 aromatic heterocycles. The van der Waals surface area contributed by atoms with E-state index >= 15 is 0 Å². The Hall–Kier alpha value is -3.68. The molecule has 1 aliphatic rings. The van der Waals surface area contributed by atoms with Crippen LogP contribution in [0.25, 0.3) is 0 Å². The average Bonchev–Trinajstić information content (AvgIpc) is 3.39. The summed E-state index contributed by atoms with van der Waals surface area (Å²) < 4.78 is 33.4. The third kappa shape index (κ3) is 6.37. The van der Waals surface area contributed by atoms with Crippen LogP contribution in [-0.4, -0.2) is 103 Å². The van der Waals surface area contributed by atoms with Crippen LogP contribution in [0.3, 0.4) is 0 Å². The number of nitrogens with zero attached hydrogens (tertiary/aromatic N) is 7. The summed E-state index contributed by atoms with van der Waals surface area (Å²) in [6, 6.07) is -2.73. The molecule has 19 heteroatoms. The van der Waals surface area contributed by atoms with Crippen molar-refractivity contribution in [3.05, 3.63) is 23.0 Å². The molecule has 0 aromatic carbocycles. The Labute approximate surface area is 214 Å². The van der Waals surface area contributed by atoms with Crippen LogP contribution >= 0.6 is 11.3 Å². The van der Waals surface area contributed by atoms with E-state index < -0.39 is 51.5 Å². The summed E-state index contributed by atoms with van der Waals surface area (Å²) in [4.78, 5) is 49.0. The summed E-state index contributed by atoms with van der Waals surface area (Å²) in [6.45, 7) is 2.54. The molecule has 5 N–H and O–H groups in total. The van der Waals surface area contributed by atoms with E-state index in [1.807, 2.05) is 19.0 Å². The van der Waals surface area contributed by atoms with Gasteiger partial charge in [0.15, 0.2) is 10.8 Å². The van der Waals surface area contributed by atoms with Gasteiger partial charge in [-0.1, -0.05) is 5.16 Å². The third-order valence-corrected chi connectivity index (χ3v) is 6.60. The summed E-state index contributed by atoms with van der Waals surface area (Å²) in [5.41, 5.74) is 3.78. The highest BCUT2D eigenvalue weighted by Crippen LogP contribution is 2.25. The SMILES string of the molecule is CN(C)Cc1cnn(CC2C(NC(=O)C(=NOC(C)(C)C(=O)O)c3csc(N)n3)C(=O)N2S(=O)(=O)O)n1. The van der Waals surface area contributed by atoms with Gasteiger partial charge in [-0.2, -0.15) is 23.4 Å². The van der Waals surface area contributed by atoms with E-state index in [0.717, 1.165) is 16.1 Å². The summed E-state index contributed by atoms with van der Waals surface area (Å²) in [5, 5.41) is 24.9. The number of anilines is 1. The second-order valence-electron chi connectivity index (χ2n) is 8.68. The van der Waals surface area contributed by atoms with Crippen LogP contribution < -0.4 is 11.1 Å². The van der Waals surface area contributed by atoms with Crippen molar-refractivity contribution in [2.75, 3.05) is 19.8 Å². The molecule has 3 heterocycles. The maximum atomic E-state index is 13.1. The number of oxime groups is 1. The van der Waals surface area contributed by atoms with Crippen molar-refractivity contribution in [1.29, 1.82) is 0 Å². The van der Waals surface area contributed by atoms with E-state index in [2.05, 4.69) is 25.7 Å². The van der Waals surface area contributed by atoms with Gasteiger partial charge in [-0.05, 0) is 27.9 Å². The Morgan fingerprint density at radius 1 is 1.38 bits per heavy atom. The second kappa shape index (κ2) is 10.4. The maximum Gasteiger partial charge on any atom is 0.362 e. The molecule has 2 atom stereocenters. The smallest absolute Gasteiger partial charge is 0.362 e. The molecule has 1 aliphatic heterocycles. The second-order valence-corrected chi connectivity index (χ2v) is 10.9. The van der Waals surface area contributed by atoms with Gasteiger partial charge in [-0.15, -0.1) is 11.3 Å². The molecule has 0 saturated carbocycles. The highest BCUT2D eigenvalue weighted by atomic mass is 32.2. The van der Waals surface area contributed by atoms with Crippen LogP contribution in [0.15, 0.2) is 16.7 Å². The lowest BCUT2D eigenvalue weighted by atomic mass is 9.98. The number of rotatable bonds is 11. The molecule has 2 amide bonds. The summed E-state index contributed by atoms with van der Waals surface area (Å²) in [7, 11) is -1.34. The number of carbonyl (C=O) groups is 3. The van der Waals surface area contributed by atoms with Gasteiger partial charge in [-0.3, -0.25) is 14.1 Å². The number of thiazole rings is 1. The van der Waals surface area contributed by atoms with E-state index in [1.54, 1.807) is 0 Å². The number of β-lactam (4-membered cyclic amide) rings is 1. The van der Waals surface area contributed by atoms with Gasteiger partial charge in [-0.25, -0.2) is 14.1 Å². The zero-order valence-electron chi connectivity index (χ0n) is 20.1. The number of nitrogens with one attached hydrogen (secondary N) is 1. The molecular formula is C18H25N9O8S2. The molecule has 17 nitrogen and oxygen atoms in total. The van der Waals surface area contributed by atoms with Gasteiger partial charge in [0.05, 0.1) is 18.4 Å². The Balaban J connectivity index is 1.87. The highest BCUT2D eigenvalue weighted by Gasteiger charge is 2.54. The first-order valence-electron chi connectivity index (χ1n) is 10.5. The number of nitrogens with two attached hydrogens (primary N) is 1. The lowest BCUT2D eigenvalue weighted by Crippen LogP contribution is -2.73. The molecule has 37 heavy (non-hydrogen) atoms. The van der Waals surface area contributed by atoms with E-state index in [0.29, 0.717) is 12.2 Å². The van der Waals surface area contributed by atoms with Crippen LogP contribution in [0, 0.1) is 0 Å². The first-order valence-corrected chi connectivity index (χ1v) is 12.7. The number of carboxylic acids is 1. The average molecular weight is 560 g/mol. The van der Waals surface area contributed by atoms with Crippen molar-refractivity contribution in [2.24, 2.45) is 5.16 Å². The standard InChI is InChI=1S/C18H25N9O8S2/c1-18(2,16(30)31)35-24-12(10-8-36-17(19)21-10)14(28)22-13-11(27(15(13)29)37(32,33)34)7-26-20-5-9(23-26)6-25(3)4/h5,8,11,13H,6-7H2,1-4H3,(H2,19,21)(H,22,28)(H,30,31)(H,32,33,34). The van der Waals surface area contributed by atoms with Gasteiger partial charge in [0.2, 0.25) is 5.60 Å². The molecule has 0 radical (unpaired) electrons. The summed E-state index contributed by atoms with van der Waals surface area (Å²) in [6.07, 6.45) is 1.45. The topological polar surface area (TPSA) is 236 Å². The fourth-order valence-corrected chi connectivity index (χ4v) is 4.55. The van der Waals surface area contributed by atoms with E-state index in [-0.39, 0.29) is 21.7 Å². The monoisotopic (exact) mass is 559 g/mol. The molecule has 0 aliphatic carbocycles. The van der Waals surface area contributed by atoms with Gasteiger partial charge < -0.3 is 25.9 Å². The van der Waals surface area contributed by atoms with Crippen LogP contribution in [-0.2, 0) is 42.6 Å². The number of hydrogen-bond acceptors (Lipinski definition) is 13. The number of amides is 2. The van der Waals surface area contributed by atoms with Crippen LogP contribution in [0.4, 0.5) is 5.13 Å². The van der Waals surface area contributed by atoms with Crippen LogP contribution in [0.1, 0.15) is 25.2 Å². The Bertz CT molecular complexity index is 1330. The fraction of sp³-hybridized carbons (Fsp3) is 0.500. The van der Waals surface area contributed by atoms with Crippen LogP contribution in [0.2, 0.25) is 0 Å². The molecule has 1 fully saturated rings. The van der Waals surface area contributed by atoms with E-state index in [9.17, 15) is 32.5 Å². The molecule has 1 saturated heterocycles. The Morgan fingerprint density at radius 3 is 2.59 bits per heavy atom. The maximum absolute atomic E-state index is 13.1. The van der Waals surface area contributed by atoms with Crippen molar-refractivity contribution in [2.45, 2.75) is 44.6 Å². The molecule has 202 valence electrons. The fourth-order valence-electron chi connectivity index (χ4n) is 3.13. The van der Waals surface area contributed by atoms with Crippen LogP contribution in [0.5, 0.6) is 0 Å². The molecular weight excluding hydrogens is 534 g/mol. The molecule has 0 bridgehead atoms. The molecule has 0 spiro atoms. The predicted molar refractivity (Wildman–Crippen MR) is 127 cm³/mol. The van der Waals surface area contributed by atoms with Gasteiger partial charge in [0.25, 0.3) is 11.8 Å². The van der Waals surface area contributed by atoms with Crippen molar-refractivity contribution in [3.8, 4) is 0 Å². The first kappa shape index (κ1) is 27.9. The summed E-state index contributed by atoms with van der Waals surface area (Å²) >= 11 is 0.965. The first-order chi connectivity index (χ1) is 17.1. The van der Waals surface area contributed by atoms with Gasteiger partial charge in [0.1, 0.15) is 17.8 Å². The lowest BCUT2D eigenvalue weighted by Gasteiger charge is -2.43. The molecule has 2 aromatic rings. The minimum atomic E-state index is -4.97. The van der Waals surface area contributed by atoms with Crippen molar-refractivity contribution >= 4 is 50.3 Å². The molecule has 2 unspecified atom stereocenters. The largest absolute Gasteiger partial charge is 0.478 e. The van der Waals surface area contributed by atoms with Gasteiger partial charge >= 0.3 is 16.3 Å². The number of nitrogen functional groups attached to an aromatic ring is 1. The molecule has 3 rings (SSSR count). The minimum absolute atomic E-state index is 0.0708. The minimum Gasteiger partial charge on any atom is -0.478 e. The quantitative estimate of drug-likeness (QED) is 0.103. The highest BCUT2D eigenvalue weighted by molar-refractivity contribution is 7.84. The van der Waals surface area contributed by atoms with E-state index in [4.69, 9.17) is 10.6 Å². The van der Waals surface area contributed by atoms with Crippen molar-refractivity contribution in [1.82, 2.24) is 34.5 Å². The van der Waals surface area contributed by atoms with Crippen molar-refractivity contribution in [3.63, 3.8) is 0 Å². The lowest BCUT2D eigenvalue weighted by molar-refractivity contribution is -0.161. The summed E-state index contributed by atoms with van der Waals surface area (Å²) in [5.74, 6) is -3.52. The number of carboxylic acid groups (broad SMARTS) is 1. The third-order valence-electron chi connectivity index (χ3n) is 4.98.